The van der Waals surface area contributed by atoms with Crippen LogP contribution in [0.25, 0.3) is 10.5 Å². The van der Waals surface area contributed by atoms with Crippen LogP contribution in [0.3, 0.4) is 0 Å². The Balaban J connectivity index is 1.22. The van der Waals surface area contributed by atoms with Gasteiger partial charge in [-0.15, -0.1) is 0 Å². The third kappa shape index (κ3) is 7.69. The predicted molar refractivity (Wildman–Crippen MR) is 180 cm³/mol. The first-order valence-corrected chi connectivity index (χ1v) is 15.9. The quantitative estimate of drug-likeness (QED) is 0.132. The van der Waals surface area contributed by atoms with Crippen molar-refractivity contribution in [3.8, 4) is 11.4 Å². The fourth-order valence-electron chi connectivity index (χ4n) is 5.31. The van der Waals surface area contributed by atoms with Crippen molar-refractivity contribution in [3.63, 3.8) is 0 Å². The Morgan fingerprint density at radius 3 is 2.53 bits per heavy atom. The molecule has 0 radical (unpaired) electrons. The second-order valence-electron chi connectivity index (χ2n) is 11.4. The molecule has 8 heteroatoms. The molecule has 1 atom stereocenters. The molecule has 1 aromatic heterocycles. The average molecular weight is 661 g/mol. The average Bonchev–Trinajstić information content (AvgIpc) is 3.80. The standard InChI is InChI=1S/C37H34BrN5O2/c1-25-18-34(43(42-25)32-13-6-10-28(19-32)22-39-2)37(44)41-31-12-7-11-29(20-31)36(40-23-26-14-15-26)30-16-17-35(33(38)21-30)45-24-27-8-4-3-5-9-27/h3-13,16-21,26,36,40H,14-15,22-24H2,1H3,(H,41,44). The van der Waals surface area contributed by atoms with Crippen molar-refractivity contribution in [1.82, 2.24) is 15.1 Å². The smallest absolute Gasteiger partial charge is 0.274 e. The van der Waals surface area contributed by atoms with E-state index in [0.717, 1.165) is 50.4 Å². The summed E-state index contributed by atoms with van der Waals surface area (Å²) < 4.78 is 8.63. The lowest BCUT2D eigenvalue weighted by Crippen LogP contribution is -2.25. The van der Waals surface area contributed by atoms with Crippen LogP contribution in [0.2, 0.25) is 0 Å². The van der Waals surface area contributed by atoms with Gasteiger partial charge in [-0.2, -0.15) is 5.10 Å². The van der Waals surface area contributed by atoms with Crippen LogP contribution < -0.4 is 15.4 Å². The Morgan fingerprint density at radius 1 is 0.978 bits per heavy atom. The first-order chi connectivity index (χ1) is 22.0. The second-order valence-corrected chi connectivity index (χ2v) is 12.3. The summed E-state index contributed by atoms with van der Waals surface area (Å²) in [5.41, 5.74) is 6.75. The minimum Gasteiger partial charge on any atom is -0.488 e. The Kier molecular flexibility index (Phi) is 9.39. The molecule has 2 N–H and O–H groups in total. The Hall–Kier alpha value is -4.71. The molecule has 45 heavy (non-hydrogen) atoms. The number of halogens is 1. The molecule has 1 saturated carbocycles. The van der Waals surface area contributed by atoms with E-state index in [-0.39, 0.29) is 18.5 Å². The molecule has 0 bridgehead atoms. The number of amides is 1. The molecular formula is C37H34BrN5O2. The molecular weight excluding hydrogens is 626 g/mol. The lowest BCUT2D eigenvalue weighted by Gasteiger charge is -2.22. The van der Waals surface area contributed by atoms with Gasteiger partial charge in [0.1, 0.15) is 18.1 Å². The highest BCUT2D eigenvalue weighted by Gasteiger charge is 2.24. The number of ether oxygens (including phenoxy) is 1. The Morgan fingerprint density at radius 2 is 1.76 bits per heavy atom. The van der Waals surface area contributed by atoms with Gasteiger partial charge in [-0.05, 0) is 107 Å². The van der Waals surface area contributed by atoms with E-state index in [1.54, 1.807) is 10.7 Å². The zero-order valence-corrected chi connectivity index (χ0v) is 26.6. The van der Waals surface area contributed by atoms with E-state index >= 15 is 0 Å². The van der Waals surface area contributed by atoms with E-state index in [0.29, 0.717) is 23.9 Å². The number of nitrogens with zero attached hydrogens (tertiary/aromatic N) is 3. The first-order valence-electron chi connectivity index (χ1n) is 15.1. The van der Waals surface area contributed by atoms with Crippen LogP contribution in [0, 0.1) is 19.4 Å². The number of carbonyl (C=O) groups is 1. The maximum atomic E-state index is 13.6. The van der Waals surface area contributed by atoms with Crippen LogP contribution in [0.1, 0.15) is 57.3 Å². The summed E-state index contributed by atoms with van der Waals surface area (Å²) in [6, 6.07) is 33.6. The molecule has 226 valence electrons. The van der Waals surface area contributed by atoms with Crippen molar-refractivity contribution in [3.05, 3.63) is 153 Å². The summed E-state index contributed by atoms with van der Waals surface area (Å²) in [4.78, 5) is 17.1. The lowest BCUT2D eigenvalue weighted by atomic mass is 9.97. The molecule has 5 aromatic rings. The number of anilines is 1. The number of aromatic nitrogens is 2. The molecule has 0 spiro atoms. The Bertz CT molecular complexity index is 1840. The summed E-state index contributed by atoms with van der Waals surface area (Å²) in [6.45, 7) is 10.8. The number of carbonyl (C=O) groups excluding carboxylic acids is 1. The van der Waals surface area contributed by atoms with Gasteiger partial charge in [0.25, 0.3) is 5.91 Å². The number of nitrogens with one attached hydrogen (secondary N) is 2. The molecule has 0 aliphatic heterocycles. The van der Waals surface area contributed by atoms with Gasteiger partial charge in [0.2, 0.25) is 6.54 Å². The van der Waals surface area contributed by atoms with Gasteiger partial charge in [-0.1, -0.05) is 60.7 Å². The van der Waals surface area contributed by atoms with E-state index in [4.69, 9.17) is 11.3 Å². The summed E-state index contributed by atoms with van der Waals surface area (Å²) in [5.74, 6) is 1.23. The van der Waals surface area contributed by atoms with Crippen LogP contribution >= 0.6 is 15.9 Å². The monoisotopic (exact) mass is 659 g/mol. The van der Waals surface area contributed by atoms with E-state index in [2.05, 4.69) is 66.8 Å². The highest BCUT2D eigenvalue weighted by atomic mass is 79.9. The minimum atomic E-state index is -0.256. The van der Waals surface area contributed by atoms with Gasteiger partial charge < -0.3 is 20.2 Å². The van der Waals surface area contributed by atoms with Gasteiger partial charge in [0.15, 0.2) is 0 Å². The van der Waals surface area contributed by atoms with E-state index in [1.807, 2.05) is 73.7 Å². The van der Waals surface area contributed by atoms with E-state index in [1.165, 1.54) is 12.8 Å². The molecule has 1 amide bonds. The number of hydrogen-bond acceptors (Lipinski definition) is 4. The predicted octanol–water partition coefficient (Wildman–Crippen LogP) is 8.28. The second kappa shape index (κ2) is 13.9. The fourth-order valence-corrected chi connectivity index (χ4v) is 5.82. The van der Waals surface area contributed by atoms with Crippen LogP contribution in [-0.2, 0) is 13.2 Å². The lowest BCUT2D eigenvalue weighted by molar-refractivity contribution is 0.101. The number of benzene rings is 4. The zero-order chi connectivity index (χ0) is 31.2. The molecule has 0 saturated heterocycles. The third-order valence-electron chi connectivity index (χ3n) is 7.79. The summed E-state index contributed by atoms with van der Waals surface area (Å²) >= 11 is 3.74. The summed E-state index contributed by atoms with van der Waals surface area (Å²) in [5, 5.41) is 11.4. The van der Waals surface area contributed by atoms with Crippen LogP contribution in [-0.4, -0.2) is 22.2 Å². The van der Waals surface area contributed by atoms with E-state index in [9.17, 15) is 4.79 Å². The number of rotatable bonds is 12. The van der Waals surface area contributed by atoms with Gasteiger partial charge in [0, 0.05) is 11.3 Å². The van der Waals surface area contributed by atoms with Crippen LogP contribution in [0.4, 0.5) is 5.69 Å². The molecule has 1 aliphatic rings. The first kappa shape index (κ1) is 30.3. The Labute approximate surface area is 272 Å². The SMILES string of the molecule is [C-]#[N+]Cc1cccc(-n2nc(C)cc2C(=O)Nc2cccc(C(NCC3CC3)c3ccc(OCc4ccccc4)c(Br)c3)c2)c1. The molecule has 7 nitrogen and oxygen atoms in total. The van der Waals surface area contributed by atoms with Crippen molar-refractivity contribution in [1.29, 1.82) is 0 Å². The third-order valence-corrected chi connectivity index (χ3v) is 8.41. The van der Waals surface area contributed by atoms with Gasteiger partial charge in [-0.25, -0.2) is 11.3 Å². The molecule has 1 fully saturated rings. The zero-order valence-electron chi connectivity index (χ0n) is 25.0. The number of hydrogen-bond donors (Lipinski definition) is 2. The molecule has 1 unspecified atom stereocenters. The molecule has 1 aliphatic carbocycles. The van der Waals surface area contributed by atoms with Crippen LogP contribution in [0.15, 0.2) is 108 Å². The van der Waals surface area contributed by atoms with Gasteiger partial charge in [0.05, 0.1) is 21.9 Å². The van der Waals surface area contributed by atoms with Crippen molar-refractivity contribution in [2.45, 2.75) is 39.0 Å². The fraction of sp³-hybridized carbons (Fsp3) is 0.216. The topological polar surface area (TPSA) is 72.5 Å². The van der Waals surface area contributed by atoms with Crippen molar-refractivity contribution in [2.75, 3.05) is 11.9 Å². The maximum Gasteiger partial charge on any atom is 0.274 e. The van der Waals surface area contributed by atoms with E-state index < -0.39 is 0 Å². The summed E-state index contributed by atoms with van der Waals surface area (Å²) in [7, 11) is 0. The van der Waals surface area contributed by atoms with Crippen molar-refractivity contribution in [2.24, 2.45) is 5.92 Å². The van der Waals surface area contributed by atoms with Crippen LogP contribution in [0.5, 0.6) is 5.75 Å². The number of aryl methyl sites for hydroxylation is 1. The maximum absolute atomic E-state index is 13.6. The van der Waals surface area contributed by atoms with Gasteiger partial charge in [-0.3, -0.25) is 4.79 Å². The normalized spacial score (nSPS) is 13.2. The molecule has 6 rings (SSSR count). The highest BCUT2D eigenvalue weighted by Crippen LogP contribution is 2.34. The minimum absolute atomic E-state index is 0.0695. The van der Waals surface area contributed by atoms with Gasteiger partial charge >= 0.3 is 0 Å². The largest absolute Gasteiger partial charge is 0.488 e. The summed E-state index contributed by atoms with van der Waals surface area (Å²) in [6.07, 6.45) is 2.50. The molecule has 4 aromatic carbocycles. The highest BCUT2D eigenvalue weighted by molar-refractivity contribution is 9.10. The molecule has 1 heterocycles. The van der Waals surface area contributed by atoms with Crippen molar-refractivity contribution >= 4 is 27.5 Å². The van der Waals surface area contributed by atoms with Crippen molar-refractivity contribution < 1.29 is 9.53 Å².